The summed E-state index contributed by atoms with van der Waals surface area (Å²) in [5, 5.41) is 0.707. The summed E-state index contributed by atoms with van der Waals surface area (Å²) in [5.74, 6) is -0.408. The predicted octanol–water partition coefficient (Wildman–Crippen LogP) is 4.26. The zero-order valence-electron chi connectivity index (χ0n) is 12.8. The van der Waals surface area contributed by atoms with Crippen LogP contribution in [-0.2, 0) is 6.54 Å². The Balaban J connectivity index is 2.10. The van der Waals surface area contributed by atoms with Crippen molar-refractivity contribution in [2.24, 2.45) is 5.73 Å². The number of hydrogen-bond acceptors (Lipinski definition) is 1. The minimum Gasteiger partial charge on any atom is -0.366 e. The van der Waals surface area contributed by atoms with E-state index in [1.807, 2.05) is 67.6 Å². The number of halogens is 1. The highest BCUT2D eigenvalue weighted by molar-refractivity contribution is 6.30. The lowest BCUT2D eigenvalue weighted by atomic mass is 10.1. The number of primary amides is 1. The Kier molecular flexibility index (Phi) is 4.22. The molecule has 0 bridgehead atoms. The third kappa shape index (κ3) is 3.15. The van der Waals surface area contributed by atoms with Crippen LogP contribution in [0.1, 0.15) is 21.6 Å². The Hall–Kier alpha value is -2.52. The molecule has 0 aliphatic rings. The number of rotatable bonds is 4. The first kappa shape index (κ1) is 15.4. The second-order valence-electron chi connectivity index (χ2n) is 5.47. The molecule has 3 rings (SSSR count). The largest absolute Gasteiger partial charge is 0.366 e. The average Bonchev–Trinajstić information content (AvgIpc) is 2.88. The normalized spacial score (nSPS) is 10.7. The summed E-state index contributed by atoms with van der Waals surface area (Å²) in [5.41, 5.74) is 10.1. The summed E-state index contributed by atoms with van der Waals surface area (Å²) >= 11 is 5.95. The zero-order chi connectivity index (χ0) is 16.4. The number of nitrogens with two attached hydrogens (primary N) is 1. The van der Waals surface area contributed by atoms with Gasteiger partial charge >= 0.3 is 0 Å². The summed E-state index contributed by atoms with van der Waals surface area (Å²) in [7, 11) is 0. The van der Waals surface area contributed by atoms with E-state index in [4.69, 9.17) is 17.3 Å². The van der Waals surface area contributed by atoms with E-state index >= 15 is 0 Å². The SMILES string of the molecule is Cc1c(C(N)=O)cc(-c2ccccc2)n1Cc1ccc(Cl)cc1. The molecule has 0 aliphatic heterocycles. The Morgan fingerprint density at radius 3 is 2.35 bits per heavy atom. The maximum atomic E-state index is 11.7. The summed E-state index contributed by atoms with van der Waals surface area (Å²) < 4.78 is 2.11. The Morgan fingerprint density at radius 1 is 1.09 bits per heavy atom. The molecule has 0 saturated heterocycles. The van der Waals surface area contributed by atoms with Crippen molar-refractivity contribution in [1.82, 2.24) is 4.57 Å². The molecular weight excluding hydrogens is 308 g/mol. The van der Waals surface area contributed by atoms with E-state index in [0.717, 1.165) is 22.5 Å². The van der Waals surface area contributed by atoms with E-state index in [1.54, 1.807) is 0 Å². The Labute approximate surface area is 140 Å². The number of carbonyl (C=O) groups is 1. The van der Waals surface area contributed by atoms with Gasteiger partial charge in [-0.3, -0.25) is 4.79 Å². The van der Waals surface area contributed by atoms with E-state index in [2.05, 4.69) is 4.57 Å². The fourth-order valence-electron chi connectivity index (χ4n) is 2.72. The van der Waals surface area contributed by atoms with Gasteiger partial charge in [-0.1, -0.05) is 54.1 Å². The van der Waals surface area contributed by atoms with E-state index in [0.29, 0.717) is 17.1 Å². The minimum atomic E-state index is -0.408. The third-order valence-electron chi connectivity index (χ3n) is 3.96. The smallest absolute Gasteiger partial charge is 0.250 e. The molecule has 3 aromatic rings. The quantitative estimate of drug-likeness (QED) is 0.765. The van der Waals surface area contributed by atoms with Gasteiger partial charge in [0.05, 0.1) is 5.56 Å². The van der Waals surface area contributed by atoms with Crippen molar-refractivity contribution >= 4 is 17.5 Å². The number of amides is 1. The molecule has 0 atom stereocenters. The van der Waals surface area contributed by atoms with Crippen molar-refractivity contribution in [2.45, 2.75) is 13.5 Å². The first-order chi connectivity index (χ1) is 11.1. The van der Waals surface area contributed by atoms with Crippen LogP contribution in [0.25, 0.3) is 11.3 Å². The molecule has 2 N–H and O–H groups in total. The van der Waals surface area contributed by atoms with Crippen molar-refractivity contribution in [2.75, 3.05) is 0 Å². The highest BCUT2D eigenvalue weighted by Gasteiger charge is 2.16. The van der Waals surface area contributed by atoms with Crippen molar-refractivity contribution in [1.29, 1.82) is 0 Å². The van der Waals surface area contributed by atoms with Crippen LogP contribution in [0.5, 0.6) is 0 Å². The van der Waals surface area contributed by atoms with E-state index in [1.165, 1.54) is 0 Å². The van der Waals surface area contributed by atoms with Crippen molar-refractivity contribution in [3.8, 4) is 11.3 Å². The fraction of sp³-hybridized carbons (Fsp3) is 0.105. The zero-order valence-corrected chi connectivity index (χ0v) is 13.5. The lowest BCUT2D eigenvalue weighted by Crippen LogP contribution is -2.12. The number of benzene rings is 2. The number of hydrogen-bond donors (Lipinski definition) is 1. The van der Waals surface area contributed by atoms with Crippen molar-refractivity contribution < 1.29 is 4.79 Å². The number of aromatic nitrogens is 1. The van der Waals surface area contributed by atoms with Crippen molar-refractivity contribution in [3.05, 3.63) is 82.5 Å². The lowest BCUT2D eigenvalue weighted by Gasteiger charge is -2.12. The molecule has 1 amide bonds. The summed E-state index contributed by atoms with van der Waals surface area (Å²) in [6, 6.07) is 19.6. The van der Waals surface area contributed by atoms with Crippen LogP contribution in [0.15, 0.2) is 60.7 Å². The molecular formula is C19H17ClN2O. The molecule has 23 heavy (non-hydrogen) atoms. The lowest BCUT2D eigenvalue weighted by molar-refractivity contribution is 0.0999. The average molecular weight is 325 g/mol. The van der Waals surface area contributed by atoms with E-state index in [9.17, 15) is 4.79 Å². The van der Waals surface area contributed by atoms with Gasteiger partial charge < -0.3 is 10.3 Å². The van der Waals surface area contributed by atoms with Crippen LogP contribution in [0.2, 0.25) is 5.02 Å². The highest BCUT2D eigenvalue weighted by atomic mass is 35.5. The van der Waals surface area contributed by atoms with E-state index in [-0.39, 0.29) is 0 Å². The highest BCUT2D eigenvalue weighted by Crippen LogP contribution is 2.27. The second-order valence-corrected chi connectivity index (χ2v) is 5.91. The van der Waals surface area contributed by atoms with Crippen LogP contribution >= 0.6 is 11.6 Å². The molecule has 2 aromatic carbocycles. The van der Waals surface area contributed by atoms with Crippen LogP contribution in [0.3, 0.4) is 0 Å². The molecule has 0 spiro atoms. The first-order valence-electron chi connectivity index (χ1n) is 7.36. The second kappa shape index (κ2) is 6.31. The van der Waals surface area contributed by atoms with Gasteiger partial charge in [-0.25, -0.2) is 0 Å². The van der Waals surface area contributed by atoms with Gasteiger partial charge in [0.25, 0.3) is 5.91 Å². The van der Waals surface area contributed by atoms with Crippen molar-refractivity contribution in [3.63, 3.8) is 0 Å². The van der Waals surface area contributed by atoms with E-state index < -0.39 is 5.91 Å². The van der Waals surface area contributed by atoms with Gasteiger partial charge in [0, 0.05) is 23.0 Å². The van der Waals surface area contributed by atoms with Crippen LogP contribution in [0, 0.1) is 6.92 Å². The fourth-order valence-corrected chi connectivity index (χ4v) is 2.84. The monoisotopic (exact) mass is 324 g/mol. The standard InChI is InChI=1S/C19H17ClN2O/c1-13-17(19(21)23)11-18(15-5-3-2-4-6-15)22(13)12-14-7-9-16(20)10-8-14/h2-11H,12H2,1H3,(H2,21,23). The molecule has 1 aromatic heterocycles. The summed E-state index contributed by atoms with van der Waals surface area (Å²) in [6.45, 7) is 2.57. The number of nitrogens with zero attached hydrogens (tertiary/aromatic N) is 1. The van der Waals surface area contributed by atoms with Crippen LogP contribution < -0.4 is 5.73 Å². The van der Waals surface area contributed by atoms with Gasteiger partial charge in [0.15, 0.2) is 0 Å². The summed E-state index contributed by atoms with van der Waals surface area (Å²) in [6.07, 6.45) is 0. The molecule has 0 aliphatic carbocycles. The summed E-state index contributed by atoms with van der Waals surface area (Å²) in [4.78, 5) is 11.7. The van der Waals surface area contributed by atoms with Gasteiger partial charge in [0.1, 0.15) is 0 Å². The van der Waals surface area contributed by atoms with Crippen LogP contribution in [0.4, 0.5) is 0 Å². The topological polar surface area (TPSA) is 48.0 Å². The molecule has 0 radical (unpaired) electrons. The van der Waals surface area contributed by atoms with Gasteiger partial charge in [-0.05, 0) is 36.2 Å². The molecule has 0 saturated carbocycles. The van der Waals surface area contributed by atoms with Crippen LogP contribution in [-0.4, -0.2) is 10.5 Å². The maximum Gasteiger partial charge on any atom is 0.250 e. The first-order valence-corrected chi connectivity index (χ1v) is 7.74. The molecule has 116 valence electrons. The molecule has 0 unspecified atom stereocenters. The Bertz CT molecular complexity index is 836. The van der Waals surface area contributed by atoms with Gasteiger partial charge in [-0.15, -0.1) is 0 Å². The Morgan fingerprint density at radius 2 is 1.74 bits per heavy atom. The number of carbonyl (C=O) groups excluding carboxylic acids is 1. The molecule has 4 heteroatoms. The van der Waals surface area contributed by atoms with Gasteiger partial charge in [0.2, 0.25) is 0 Å². The maximum absolute atomic E-state index is 11.7. The van der Waals surface area contributed by atoms with Gasteiger partial charge in [-0.2, -0.15) is 0 Å². The third-order valence-corrected chi connectivity index (χ3v) is 4.21. The molecule has 1 heterocycles. The predicted molar refractivity (Wildman–Crippen MR) is 93.7 cm³/mol. The molecule has 0 fully saturated rings. The minimum absolute atomic E-state index is 0.408. The molecule has 3 nitrogen and oxygen atoms in total.